The van der Waals surface area contributed by atoms with Gasteiger partial charge in [0.25, 0.3) is 0 Å². The molecular weight excluding hydrogens is 474 g/mol. The smallest absolute Gasteiger partial charge is 0.164 e. The lowest BCUT2D eigenvalue weighted by Crippen LogP contribution is -2.42. The summed E-state index contributed by atoms with van der Waals surface area (Å²) in [6.07, 6.45) is 6.42. The molecule has 0 unspecified atom stereocenters. The SMILES string of the molecule is CN1CCC([C@H]2NC[C@@H]3C[C@@H](n4nc(-c5ccc(Oc6ccccc6)cc5)c5c(N)ncnc54)C[C@H]32)CC1. The van der Waals surface area contributed by atoms with E-state index in [9.17, 15) is 0 Å². The van der Waals surface area contributed by atoms with Crippen molar-refractivity contribution in [2.75, 3.05) is 32.4 Å². The van der Waals surface area contributed by atoms with E-state index in [0.717, 1.165) is 59.1 Å². The van der Waals surface area contributed by atoms with Crippen LogP contribution in [0.1, 0.15) is 31.7 Å². The molecule has 196 valence electrons. The first kappa shape index (κ1) is 23.6. The van der Waals surface area contributed by atoms with E-state index in [1.165, 1.54) is 25.9 Å². The van der Waals surface area contributed by atoms with Crippen molar-refractivity contribution in [3.8, 4) is 22.8 Å². The molecule has 0 spiro atoms. The molecule has 8 nitrogen and oxygen atoms in total. The normalized spacial score (nSPS) is 26.1. The zero-order valence-corrected chi connectivity index (χ0v) is 21.8. The molecule has 0 radical (unpaired) electrons. The van der Waals surface area contributed by atoms with Crippen molar-refractivity contribution < 1.29 is 4.74 Å². The summed E-state index contributed by atoms with van der Waals surface area (Å²) in [4.78, 5) is 11.5. The van der Waals surface area contributed by atoms with Gasteiger partial charge in [0.2, 0.25) is 0 Å². The number of piperidine rings is 1. The van der Waals surface area contributed by atoms with E-state index in [1.54, 1.807) is 6.33 Å². The molecule has 1 aliphatic carbocycles. The van der Waals surface area contributed by atoms with Gasteiger partial charge in [-0.1, -0.05) is 18.2 Å². The number of fused-ring (bicyclic) bond motifs is 2. The Morgan fingerprint density at radius 3 is 2.47 bits per heavy atom. The first-order chi connectivity index (χ1) is 18.6. The molecule has 8 heteroatoms. The zero-order chi connectivity index (χ0) is 25.6. The Balaban J connectivity index is 1.16. The van der Waals surface area contributed by atoms with Crippen molar-refractivity contribution >= 4 is 16.9 Å². The van der Waals surface area contributed by atoms with Crippen molar-refractivity contribution in [2.24, 2.45) is 17.8 Å². The second kappa shape index (κ2) is 9.67. The molecular formula is C30H35N7O. The third-order valence-electron chi connectivity index (χ3n) is 9.04. The number of nitrogens with two attached hydrogens (primary N) is 1. The second-order valence-electron chi connectivity index (χ2n) is 11.3. The third-order valence-corrected chi connectivity index (χ3v) is 9.04. The van der Waals surface area contributed by atoms with Crippen LogP contribution < -0.4 is 15.8 Å². The highest BCUT2D eigenvalue weighted by molar-refractivity contribution is 5.98. The van der Waals surface area contributed by atoms with Gasteiger partial charge in [-0.2, -0.15) is 5.10 Å². The number of anilines is 1. The van der Waals surface area contributed by atoms with Gasteiger partial charge < -0.3 is 20.7 Å². The van der Waals surface area contributed by atoms with Crippen LogP contribution in [0.2, 0.25) is 0 Å². The number of benzene rings is 2. The summed E-state index contributed by atoms with van der Waals surface area (Å²) < 4.78 is 8.15. The summed E-state index contributed by atoms with van der Waals surface area (Å²) in [5.41, 5.74) is 9.08. The molecule has 2 aromatic carbocycles. The predicted octanol–water partition coefficient (Wildman–Crippen LogP) is 4.75. The number of nitrogens with one attached hydrogen (secondary N) is 1. The number of aromatic nitrogens is 4. The Morgan fingerprint density at radius 2 is 1.68 bits per heavy atom. The molecule has 3 N–H and O–H groups in total. The standard InChI is InChI=1S/C30H35N7O/c1-36-13-11-20(12-14-36)27-25-16-22(15-21(25)17-32-27)37-30-26(29(31)33-18-34-30)28(35-37)19-7-9-24(10-8-19)38-23-5-3-2-4-6-23/h2-10,18,20-22,25,27,32H,11-17H2,1H3,(H2,31,33,34)/t21-,22+,25+,27+/m0/s1. The monoisotopic (exact) mass is 509 g/mol. The van der Waals surface area contributed by atoms with E-state index in [4.69, 9.17) is 15.6 Å². The fourth-order valence-electron chi connectivity index (χ4n) is 7.10. The summed E-state index contributed by atoms with van der Waals surface area (Å²) in [5, 5.41) is 9.91. The van der Waals surface area contributed by atoms with Crippen LogP contribution in [0.5, 0.6) is 11.5 Å². The van der Waals surface area contributed by atoms with Gasteiger partial charge in [-0.3, -0.25) is 0 Å². The maximum Gasteiger partial charge on any atom is 0.164 e. The number of hydrogen-bond donors (Lipinski definition) is 2. The van der Waals surface area contributed by atoms with Crippen molar-refractivity contribution in [2.45, 2.75) is 37.8 Å². The van der Waals surface area contributed by atoms with Crippen LogP contribution in [0.15, 0.2) is 60.9 Å². The van der Waals surface area contributed by atoms with E-state index < -0.39 is 0 Å². The molecule has 4 atom stereocenters. The largest absolute Gasteiger partial charge is 0.457 e. The maximum absolute atomic E-state index is 6.42. The molecule has 1 saturated carbocycles. The van der Waals surface area contributed by atoms with Gasteiger partial charge in [0.05, 0.1) is 11.4 Å². The molecule has 0 bridgehead atoms. The Bertz CT molecular complexity index is 1410. The first-order valence-electron chi connectivity index (χ1n) is 13.9. The number of para-hydroxylation sites is 1. The third kappa shape index (κ3) is 4.22. The fourth-order valence-corrected chi connectivity index (χ4v) is 7.10. The lowest BCUT2D eigenvalue weighted by molar-refractivity contribution is 0.169. The van der Waals surface area contributed by atoms with Crippen LogP contribution in [0, 0.1) is 17.8 Å². The van der Waals surface area contributed by atoms with E-state index in [-0.39, 0.29) is 0 Å². The van der Waals surface area contributed by atoms with Crippen molar-refractivity contribution in [3.05, 3.63) is 60.9 Å². The van der Waals surface area contributed by atoms with Crippen LogP contribution >= 0.6 is 0 Å². The highest BCUT2D eigenvalue weighted by atomic mass is 16.5. The van der Waals surface area contributed by atoms with E-state index >= 15 is 0 Å². The summed E-state index contributed by atoms with van der Waals surface area (Å²) >= 11 is 0. The quantitative estimate of drug-likeness (QED) is 0.401. The lowest BCUT2D eigenvalue weighted by Gasteiger charge is -2.35. The van der Waals surface area contributed by atoms with Gasteiger partial charge in [-0.15, -0.1) is 0 Å². The second-order valence-corrected chi connectivity index (χ2v) is 11.3. The number of ether oxygens (including phenoxy) is 1. The highest BCUT2D eigenvalue weighted by Crippen LogP contribution is 2.48. The minimum atomic E-state index is 0.326. The number of likely N-dealkylation sites (tertiary alicyclic amines) is 1. The van der Waals surface area contributed by atoms with Crippen LogP contribution in [0.25, 0.3) is 22.3 Å². The van der Waals surface area contributed by atoms with Gasteiger partial charge >= 0.3 is 0 Å². The average Bonchev–Trinajstić information content (AvgIpc) is 3.64. The van der Waals surface area contributed by atoms with E-state index in [1.807, 2.05) is 54.6 Å². The lowest BCUT2D eigenvalue weighted by atomic mass is 9.81. The van der Waals surface area contributed by atoms with Crippen LogP contribution in [0.4, 0.5) is 5.82 Å². The molecule has 38 heavy (non-hydrogen) atoms. The Kier molecular flexibility index (Phi) is 6.01. The minimum Gasteiger partial charge on any atom is -0.457 e. The first-order valence-corrected chi connectivity index (χ1v) is 13.9. The average molecular weight is 510 g/mol. The number of rotatable bonds is 5. The van der Waals surface area contributed by atoms with E-state index in [0.29, 0.717) is 29.7 Å². The number of nitrogens with zero attached hydrogens (tertiary/aromatic N) is 5. The molecule has 2 saturated heterocycles. The Morgan fingerprint density at radius 1 is 0.921 bits per heavy atom. The minimum absolute atomic E-state index is 0.326. The molecule has 2 aliphatic heterocycles. The van der Waals surface area contributed by atoms with Crippen LogP contribution in [0.3, 0.4) is 0 Å². The Hall–Kier alpha value is -3.49. The highest BCUT2D eigenvalue weighted by Gasteiger charge is 2.47. The Labute approximate surface area is 223 Å². The molecule has 2 aromatic heterocycles. The summed E-state index contributed by atoms with van der Waals surface area (Å²) in [5.74, 6) is 4.24. The van der Waals surface area contributed by atoms with E-state index in [2.05, 4.69) is 31.9 Å². The summed E-state index contributed by atoms with van der Waals surface area (Å²) in [6.45, 7) is 3.54. The molecule has 7 rings (SSSR count). The topological polar surface area (TPSA) is 94.1 Å². The van der Waals surface area contributed by atoms with Crippen molar-refractivity contribution in [3.63, 3.8) is 0 Å². The van der Waals surface area contributed by atoms with Gasteiger partial charge in [0.1, 0.15) is 29.3 Å². The molecule has 0 amide bonds. The summed E-state index contributed by atoms with van der Waals surface area (Å²) in [6, 6.07) is 18.8. The number of nitrogen functional groups attached to an aromatic ring is 1. The van der Waals surface area contributed by atoms with Gasteiger partial charge in [0, 0.05) is 11.6 Å². The maximum atomic E-state index is 6.42. The predicted molar refractivity (Wildman–Crippen MR) is 149 cm³/mol. The van der Waals surface area contributed by atoms with Gasteiger partial charge in [0.15, 0.2) is 5.65 Å². The number of hydrogen-bond acceptors (Lipinski definition) is 7. The van der Waals surface area contributed by atoms with Crippen LogP contribution in [-0.4, -0.2) is 57.4 Å². The van der Waals surface area contributed by atoms with Gasteiger partial charge in [-0.05, 0) is 107 Å². The molecule has 4 heterocycles. The molecule has 3 aliphatic rings. The van der Waals surface area contributed by atoms with Crippen molar-refractivity contribution in [1.82, 2.24) is 30.0 Å². The van der Waals surface area contributed by atoms with Gasteiger partial charge in [-0.25, -0.2) is 14.6 Å². The zero-order valence-electron chi connectivity index (χ0n) is 21.8. The summed E-state index contributed by atoms with van der Waals surface area (Å²) in [7, 11) is 2.24. The fraction of sp³-hybridized carbons (Fsp3) is 0.433. The molecule has 4 aromatic rings. The molecule has 3 fully saturated rings. The van der Waals surface area contributed by atoms with Crippen molar-refractivity contribution in [1.29, 1.82) is 0 Å². The van der Waals surface area contributed by atoms with Crippen LogP contribution in [-0.2, 0) is 0 Å².